The summed E-state index contributed by atoms with van der Waals surface area (Å²) in [6.07, 6.45) is 5.20. The van der Waals surface area contributed by atoms with Gasteiger partial charge in [-0.1, -0.05) is 42.5 Å². The Kier molecular flexibility index (Phi) is 7.30. The molecular formula is C25H27N3O4. The lowest BCUT2D eigenvalue weighted by molar-refractivity contribution is -0.116. The van der Waals surface area contributed by atoms with E-state index in [1.807, 2.05) is 30.3 Å². The van der Waals surface area contributed by atoms with E-state index >= 15 is 0 Å². The predicted molar refractivity (Wildman–Crippen MR) is 121 cm³/mol. The Morgan fingerprint density at radius 1 is 1.06 bits per heavy atom. The molecule has 0 bridgehead atoms. The number of para-hydroxylation sites is 1. The van der Waals surface area contributed by atoms with Gasteiger partial charge in [0.1, 0.15) is 0 Å². The smallest absolute Gasteiger partial charge is 0.253 e. The number of carbonyl (C=O) groups excluding carboxylic acids is 2. The van der Waals surface area contributed by atoms with Crippen LogP contribution in [0.3, 0.4) is 0 Å². The van der Waals surface area contributed by atoms with Gasteiger partial charge in [-0.05, 0) is 31.4 Å². The second kappa shape index (κ2) is 10.7. The first-order valence-corrected chi connectivity index (χ1v) is 11.0. The van der Waals surface area contributed by atoms with Crippen molar-refractivity contribution in [3.05, 3.63) is 72.2 Å². The molecule has 0 spiro atoms. The molecule has 1 atom stereocenters. The molecular weight excluding hydrogens is 406 g/mol. The summed E-state index contributed by atoms with van der Waals surface area (Å²) in [6, 6.07) is 16.8. The lowest BCUT2D eigenvalue weighted by Gasteiger charge is -2.13. The van der Waals surface area contributed by atoms with Crippen molar-refractivity contribution in [2.45, 2.75) is 38.2 Å². The van der Waals surface area contributed by atoms with E-state index < -0.39 is 0 Å². The number of hydrogen-bond donors (Lipinski definition) is 2. The number of oxazole rings is 1. The van der Waals surface area contributed by atoms with Crippen molar-refractivity contribution in [1.29, 1.82) is 0 Å². The molecule has 0 saturated carbocycles. The summed E-state index contributed by atoms with van der Waals surface area (Å²) in [5.41, 5.74) is 1.92. The van der Waals surface area contributed by atoms with Gasteiger partial charge in [-0.15, -0.1) is 0 Å². The number of aryl methyl sites for hydroxylation is 1. The van der Waals surface area contributed by atoms with Gasteiger partial charge in [0, 0.05) is 31.6 Å². The van der Waals surface area contributed by atoms with Gasteiger partial charge in [0.15, 0.2) is 11.7 Å². The fraction of sp³-hybridized carbons (Fsp3) is 0.320. The third-order valence-electron chi connectivity index (χ3n) is 5.37. The number of benzene rings is 2. The first-order valence-electron chi connectivity index (χ1n) is 11.0. The fourth-order valence-corrected chi connectivity index (χ4v) is 3.67. The third kappa shape index (κ3) is 5.82. The number of nitrogens with zero attached hydrogens (tertiary/aromatic N) is 1. The molecule has 2 N–H and O–H groups in total. The summed E-state index contributed by atoms with van der Waals surface area (Å²) in [6.45, 7) is 1.22. The minimum absolute atomic E-state index is 0.0679. The second-order valence-corrected chi connectivity index (χ2v) is 7.78. The number of amides is 2. The van der Waals surface area contributed by atoms with E-state index in [0.29, 0.717) is 48.7 Å². The Hall–Kier alpha value is -3.45. The predicted octanol–water partition coefficient (Wildman–Crippen LogP) is 4.21. The highest BCUT2D eigenvalue weighted by atomic mass is 16.5. The number of nitrogens with one attached hydrogen (secondary N) is 2. The molecule has 1 unspecified atom stereocenters. The monoisotopic (exact) mass is 433 g/mol. The summed E-state index contributed by atoms with van der Waals surface area (Å²) in [7, 11) is 0. The van der Waals surface area contributed by atoms with Gasteiger partial charge in [-0.3, -0.25) is 9.59 Å². The summed E-state index contributed by atoms with van der Waals surface area (Å²) in [5, 5.41) is 5.75. The van der Waals surface area contributed by atoms with Gasteiger partial charge in [0.05, 0.1) is 23.6 Å². The van der Waals surface area contributed by atoms with Crippen LogP contribution in [0.2, 0.25) is 0 Å². The van der Waals surface area contributed by atoms with E-state index in [-0.39, 0.29) is 17.9 Å². The lowest BCUT2D eigenvalue weighted by atomic mass is 10.1. The van der Waals surface area contributed by atoms with E-state index in [0.717, 1.165) is 25.0 Å². The van der Waals surface area contributed by atoms with Gasteiger partial charge in [0.2, 0.25) is 5.91 Å². The quantitative estimate of drug-likeness (QED) is 0.527. The van der Waals surface area contributed by atoms with E-state index in [4.69, 9.17) is 9.15 Å². The molecule has 32 heavy (non-hydrogen) atoms. The first kappa shape index (κ1) is 21.8. The molecule has 1 saturated heterocycles. The maximum Gasteiger partial charge on any atom is 0.253 e. The highest BCUT2D eigenvalue weighted by molar-refractivity contribution is 6.03. The van der Waals surface area contributed by atoms with Crippen molar-refractivity contribution in [3.63, 3.8) is 0 Å². The van der Waals surface area contributed by atoms with Crippen LogP contribution < -0.4 is 10.6 Å². The topological polar surface area (TPSA) is 93.5 Å². The van der Waals surface area contributed by atoms with Crippen LogP contribution in [-0.4, -0.2) is 36.1 Å². The molecule has 2 aromatic carbocycles. The van der Waals surface area contributed by atoms with Gasteiger partial charge in [-0.25, -0.2) is 4.98 Å². The van der Waals surface area contributed by atoms with Crippen LogP contribution in [0.4, 0.5) is 5.69 Å². The molecule has 1 fully saturated rings. The van der Waals surface area contributed by atoms with Crippen LogP contribution in [0.15, 0.2) is 65.2 Å². The van der Waals surface area contributed by atoms with Gasteiger partial charge in [0.25, 0.3) is 5.91 Å². The minimum Gasteiger partial charge on any atom is -0.441 e. The Balaban J connectivity index is 1.26. The lowest BCUT2D eigenvalue weighted by Crippen LogP contribution is -2.32. The highest BCUT2D eigenvalue weighted by Gasteiger charge is 2.18. The van der Waals surface area contributed by atoms with Crippen molar-refractivity contribution in [2.75, 3.05) is 18.5 Å². The Bertz CT molecular complexity index is 1040. The molecule has 1 aliphatic heterocycles. The standard InChI is InChI=1S/C25H27N3O4/c29-23(13-6-14-24-26-17-22(32-24)18-8-2-1-3-9-18)28-21-12-5-4-11-20(21)25(30)27-16-19-10-7-15-31-19/h1-5,8-9,11-12,17,19H,6-7,10,13-16H2,(H,27,30)(H,28,29). The molecule has 4 rings (SSSR count). The molecule has 0 radical (unpaired) electrons. The zero-order chi connectivity index (χ0) is 22.2. The number of aromatic nitrogens is 1. The maximum absolute atomic E-state index is 12.6. The highest BCUT2D eigenvalue weighted by Crippen LogP contribution is 2.21. The third-order valence-corrected chi connectivity index (χ3v) is 5.37. The minimum atomic E-state index is -0.218. The second-order valence-electron chi connectivity index (χ2n) is 7.78. The van der Waals surface area contributed by atoms with Crippen LogP contribution in [0.1, 0.15) is 41.9 Å². The van der Waals surface area contributed by atoms with Crippen LogP contribution in [0, 0.1) is 0 Å². The SMILES string of the molecule is O=C(CCCc1ncc(-c2ccccc2)o1)Nc1ccccc1C(=O)NCC1CCCO1. The first-order chi connectivity index (χ1) is 15.7. The largest absolute Gasteiger partial charge is 0.441 e. The van der Waals surface area contributed by atoms with Gasteiger partial charge in [-0.2, -0.15) is 0 Å². The summed E-state index contributed by atoms with van der Waals surface area (Å²) in [5.74, 6) is 0.947. The molecule has 7 heteroatoms. The Morgan fingerprint density at radius 3 is 2.69 bits per heavy atom. The van der Waals surface area contributed by atoms with E-state index in [9.17, 15) is 9.59 Å². The van der Waals surface area contributed by atoms with E-state index in [1.54, 1.807) is 30.5 Å². The maximum atomic E-state index is 12.6. The number of anilines is 1. The van der Waals surface area contributed by atoms with E-state index in [2.05, 4.69) is 15.6 Å². The average molecular weight is 434 g/mol. The van der Waals surface area contributed by atoms with Crippen molar-refractivity contribution in [1.82, 2.24) is 10.3 Å². The number of rotatable bonds is 9. The zero-order valence-electron chi connectivity index (χ0n) is 17.9. The molecule has 2 amide bonds. The van der Waals surface area contributed by atoms with Crippen LogP contribution >= 0.6 is 0 Å². The van der Waals surface area contributed by atoms with Gasteiger partial charge < -0.3 is 19.8 Å². The molecule has 2 heterocycles. The molecule has 7 nitrogen and oxygen atoms in total. The van der Waals surface area contributed by atoms with Crippen LogP contribution in [-0.2, 0) is 16.0 Å². The Morgan fingerprint density at radius 2 is 1.88 bits per heavy atom. The number of ether oxygens (including phenoxy) is 1. The fourth-order valence-electron chi connectivity index (χ4n) is 3.67. The average Bonchev–Trinajstić information content (AvgIpc) is 3.51. The molecule has 3 aromatic rings. The molecule has 1 aromatic heterocycles. The normalized spacial score (nSPS) is 15.4. The Labute approximate surface area is 187 Å². The van der Waals surface area contributed by atoms with Gasteiger partial charge >= 0.3 is 0 Å². The van der Waals surface area contributed by atoms with Crippen molar-refractivity contribution < 1.29 is 18.7 Å². The number of carbonyl (C=O) groups is 2. The van der Waals surface area contributed by atoms with Crippen molar-refractivity contribution in [3.8, 4) is 11.3 Å². The van der Waals surface area contributed by atoms with Crippen LogP contribution in [0.25, 0.3) is 11.3 Å². The summed E-state index contributed by atoms with van der Waals surface area (Å²) >= 11 is 0. The molecule has 166 valence electrons. The summed E-state index contributed by atoms with van der Waals surface area (Å²) in [4.78, 5) is 29.3. The van der Waals surface area contributed by atoms with Crippen LogP contribution in [0.5, 0.6) is 0 Å². The zero-order valence-corrected chi connectivity index (χ0v) is 17.9. The van der Waals surface area contributed by atoms with Crippen molar-refractivity contribution in [2.24, 2.45) is 0 Å². The summed E-state index contributed by atoms with van der Waals surface area (Å²) < 4.78 is 11.3. The number of hydrogen-bond acceptors (Lipinski definition) is 5. The van der Waals surface area contributed by atoms with E-state index in [1.165, 1.54) is 0 Å². The van der Waals surface area contributed by atoms with Crippen molar-refractivity contribution >= 4 is 17.5 Å². The molecule has 0 aliphatic carbocycles. The molecule has 1 aliphatic rings.